The van der Waals surface area contributed by atoms with Crippen LogP contribution in [0.25, 0.3) is 0 Å². The molecule has 2 rings (SSSR count). The van der Waals surface area contributed by atoms with Crippen molar-refractivity contribution in [3.05, 3.63) is 23.8 Å². The van der Waals surface area contributed by atoms with Gasteiger partial charge in [0.05, 0.1) is 20.5 Å². The minimum atomic E-state index is -3.16. The number of hydrogen-bond acceptors (Lipinski definition) is 4. The molecule has 1 aliphatic rings. The van der Waals surface area contributed by atoms with Gasteiger partial charge in [-0.25, -0.2) is 13.1 Å². The molecule has 0 atom stereocenters. The summed E-state index contributed by atoms with van der Waals surface area (Å²) in [5.41, 5.74) is 0.990. The van der Waals surface area contributed by atoms with Crippen molar-refractivity contribution < 1.29 is 17.9 Å². The van der Waals surface area contributed by atoms with Gasteiger partial charge in [0.1, 0.15) is 0 Å². The van der Waals surface area contributed by atoms with Crippen molar-refractivity contribution in [1.29, 1.82) is 0 Å². The van der Waals surface area contributed by atoms with Crippen molar-refractivity contribution in [3.8, 4) is 11.5 Å². The predicted molar refractivity (Wildman–Crippen MR) is 73.3 cm³/mol. The average molecular weight is 285 g/mol. The van der Waals surface area contributed by atoms with Crippen LogP contribution in [-0.2, 0) is 15.4 Å². The molecule has 0 saturated heterocycles. The lowest BCUT2D eigenvalue weighted by atomic mass is 9.96. The van der Waals surface area contributed by atoms with Gasteiger partial charge < -0.3 is 9.47 Å². The van der Waals surface area contributed by atoms with Crippen molar-refractivity contribution >= 4 is 10.0 Å². The Labute approximate surface area is 114 Å². The van der Waals surface area contributed by atoms with E-state index in [2.05, 4.69) is 4.72 Å². The van der Waals surface area contributed by atoms with Crippen LogP contribution in [0.4, 0.5) is 0 Å². The van der Waals surface area contributed by atoms with E-state index in [9.17, 15) is 8.42 Å². The van der Waals surface area contributed by atoms with E-state index < -0.39 is 10.0 Å². The molecule has 1 aliphatic carbocycles. The average Bonchev–Trinajstić information content (AvgIpc) is 3.16. The van der Waals surface area contributed by atoms with Gasteiger partial charge in [0, 0.05) is 12.0 Å². The normalized spacial score (nSPS) is 17.0. The highest BCUT2D eigenvalue weighted by atomic mass is 32.2. The number of hydrogen-bond donors (Lipinski definition) is 1. The number of benzene rings is 1. The third-order valence-electron chi connectivity index (χ3n) is 3.52. The second-order valence-electron chi connectivity index (χ2n) is 4.94. The van der Waals surface area contributed by atoms with Gasteiger partial charge in [0.25, 0.3) is 0 Å². The highest BCUT2D eigenvalue weighted by Crippen LogP contribution is 2.49. The molecule has 0 aromatic heterocycles. The molecule has 1 saturated carbocycles. The first-order valence-corrected chi connectivity index (χ1v) is 7.96. The lowest BCUT2D eigenvalue weighted by Crippen LogP contribution is -2.31. The zero-order valence-electron chi connectivity index (χ0n) is 11.4. The monoisotopic (exact) mass is 285 g/mol. The summed E-state index contributed by atoms with van der Waals surface area (Å²) in [5, 5.41) is 0. The SMILES string of the molecule is COc1ccc(C2(CNS(C)(=O)=O)CC2)cc1OC. The fraction of sp³-hybridized carbons (Fsp3) is 0.538. The molecule has 1 aromatic carbocycles. The number of rotatable bonds is 6. The first-order valence-electron chi connectivity index (χ1n) is 6.07. The Hall–Kier alpha value is -1.27. The van der Waals surface area contributed by atoms with Crippen molar-refractivity contribution in [2.75, 3.05) is 27.0 Å². The first-order chi connectivity index (χ1) is 8.90. The highest BCUT2D eigenvalue weighted by molar-refractivity contribution is 7.88. The summed E-state index contributed by atoms with van der Waals surface area (Å²) in [6, 6.07) is 5.75. The van der Waals surface area contributed by atoms with Gasteiger partial charge in [0.2, 0.25) is 10.0 Å². The van der Waals surface area contributed by atoms with Gasteiger partial charge in [-0.2, -0.15) is 0 Å². The maximum absolute atomic E-state index is 11.2. The van der Waals surface area contributed by atoms with Crippen LogP contribution in [0.1, 0.15) is 18.4 Å². The Morgan fingerprint density at radius 2 is 1.84 bits per heavy atom. The van der Waals surface area contributed by atoms with E-state index in [1.54, 1.807) is 14.2 Å². The summed E-state index contributed by atoms with van der Waals surface area (Å²) in [6.07, 6.45) is 3.13. The fourth-order valence-electron chi connectivity index (χ4n) is 2.15. The molecular weight excluding hydrogens is 266 g/mol. The van der Waals surface area contributed by atoms with Crippen LogP contribution in [0, 0.1) is 0 Å². The van der Waals surface area contributed by atoms with E-state index >= 15 is 0 Å². The Morgan fingerprint density at radius 1 is 1.21 bits per heavy atom. The highest BCUT2D eigenvalue weighted by Gasteiger charge is 2.44. The van der Waals surface area contributed by atoms with E-state index in [4.69, 9.17) is 9.47 Å². The van der Waals surface area contributed by atoms with E-state index in [1.165, 1.54) is 6.26 Å². The molecule has 19 heavy (non-hydrogen) atoms. The number of ether oxygens (including phenoxy) is 2. The minimum Gasteiger partial charge on any atom is -0.493 e. The van der Waals surface area contributed by atoms with Crippen LogP contribution >= 0.6 is 0 Å². The summed E-state index contributed by atoms with van der Waals surface area (Å²) in [5.74, 6) is 1.35. The number of methoxy groups -OCH3 is 2. The van der Waals surface area contributed by atoms with Gasteiger partial charge in [-0.05, 0) is 30.5 Å². The van der Waals surface area contributed by atoms with E-state index in [1.807, 2.05) is 18.2 Å². The van der Waals surface area contributed by atoms with Gasteiger partial charge in [0.15, 0.2) is 11.5 Å². The smallest absolute Gasteiger partial charge is 0.208 e. The maximum Gasteiger partial charge on any atom is 0.208 e. The zero-order chi connectivity index (χ0) is 14.1. The summed E-state index contributed by atoms with van der Waals surface area (Å²) in [4.78, 5) is 0. The molecule has 0 bridgehead atoms. The Bertz CT molecular complexity index is 564. The maximum atomic E-state index is 11.2. The molecule has 0 heterocycles. The van der Waals surface area contributed by atoms with Crippen molar-refractivity contribution in [2.45, 2.75) is 18.3 Å². The molecular formula is C13H19NO4S. The lowest BCUT2D eigenvalue weighted by Gasteiger charge is -2.18. The lowest BCUT2D eigenvalue weighted by molar-refractivity contribution is 0.354. The molecule has 0 aliphatic heterocycles. The van der Waals surface area contributed by atoms with Crippen LogP contribution in [0.15, 0.2) is 18.2 Å². The third-order valence-corrected chi connectivity index (χ3v) is 4.19. The fourth-order valence-corrected chi connectivity index (χ4v) is 2.69. The minimum absolute atomic E-state index is 0.0946. The summed E-state index contributed by atoms with van der Waals surface area (Å²) >= 11 is 0. The van der Waals surface area contributed by atoms with Crippen LogP contribution < -0.4 is 14.2 Å². The van der Waals surface area contributed by atoms with Crippen molar-refractivity contribution in [3.63, 3.8) is 0 Å². The van der Waals surface area contributed by atoms with E-state index in [-0.39, 0.29) is 5.41 Å². The Kier molecular flexibility index (Phi) is 3.73. The standard InChI is InChI=1S/C13H19NO4S/c1-17-11-5-4-10(8-12(11)18-2)13(6-7-13)9-14-19(3,15)16/h4-5,8,14H,6-7,9H2,1-3H3. The third kappa shape index (κ3) is 3.19. The van der Waals surface area contributed by atoms with Crippen LogP contribution in [0.5, 0.6) is 11.5 Å². The molecule has 0 unspecified atom stereocenters. The molecule has 0 spiro atoms. The van der Waals surface area contributed by atoms with Gasteiger partial charge in [-0.1, -0.05) is 6.07 Å². The molecule has 106 valence electrons. The summed E-state index contributed by atoms with van der Waals surface area (Å²) in [6.45, 7) is 0.432. The Morgan fingerprint density at radius 3 is 2.32 bits per heavy atom. The number of sulfonamides is 1. The largest absolute Gasteiger partial charge is 0.493 e. The molecule has 1 aromatic rings. The van der Waals surface area contributed by atoms with E-state index in [0.717, 1.165) is 18.4 Å². The molecule has 6 heteroatoms. The molecule has 1 N–H and O–H groups in total. The van der Waals surface area contributed by atoms with Crippen molar-refractivity contribution in [2.24, 2.45) is 0 Å². The van der Waals surface area contributed by atoms with Gasteiger partial charge in [-0.3, -0.25) is 0 Å². The molecule has 0 radical (unpaired) electrons. The molecule has 0 amide bonds. The number of nitrogens with one attached hydrogen (secondary N) is 1. The molecule has 5 nitrogen and oxygen atoms in total. The quantitative estimate of drug-likeness (QED) is 0.855. The van der Waals surface area contributed by atoms with Gasteiger partial charge in [-0.15, -0.1) is 0 Å². The Balaban J connectivity index is 2.22. The predicted octanol–water partition coefficient (Wildman–Crippen LogP) is 1.28. The first kappa shape index (κ1) is 14.1. The second-order valence-corrected chi connectivity index (χ2v) is 6.78. The topological polar surface area (TPSA) is 64.6 Å². The van der Waals surface area contributed by atoms with E-state index in [0.29, 0.717) is 18.0 Å². The second kappa shape index (κ2) is 5.02. The zero-order valence-corrected chi connectivity index (χ0v) is 12.2. The van der Waals surface area contributed by atoms with Gasteiger partial charge >= 0.3 is 0 Å². The van der Waals surface area contributed by atoms with Crippen LogP contribution in [0.3, 0.4) is 0 Å². The van der Waals surface area contributed by atoms with Crippen molar-refractivity contribution in [1.82, 2.24) is 4.72 Å². The van der Waals surface area contributed by atoms with Crippen LogP contribution in [-0.4, -0.2) is 35.4 Å². The summed E-state index contributed by atoms with van der Waals surface area (Å²) < 4.78 is 35.5. The van der Waals surface area contributed by atoms with Crippen LogP contribution in [0.2, 0.25) is 0 Å². The molecule has 1 fully saturated rings. The summed E-state index contributed by atoms with van der Waals surface area (Å²) in [7, 11) is 0.0263.